The highest BCUT2D eigenvalue weighted by molar-refractivity contribution is 5.10. The molecule has 0 aliphatic heterocycles. The molecule has 0 aliphatic rings. The third-order valence-electron chi connectivity index (χ3n) is 2.44. The number of nitrogens with zero attached hydrogens (tertiary/aromatic N) is 3. The lowest BCUT2D eigenvalue weighted by molar-refractivity contribution is 0.509. The van der Waals surface area contributed by atoms with Crippen molar-refractivity contribution in [3.8, 4) is 0 Å². The fraction of sp³-hybridized carbons (Fsp3) is 0.385. The van der Waals surface area contributed by atoms with Crippen molar-refractivity contribution in [1.82, 2.24) is 14.5 Å². The van der Waals surface area contributed by atoms with Crippen molar-refractivity contribution in [2.24, 2.45) is 0 Å². The number of pyridine rings is 1. The maximum Gasteiger partial charge on any atom is 0.114 e. The van der Waals surface area contributed by atoms with Crippen molar-refractivity contribution in [2.75, 3.05) is 0 Å². The average molecular weight is 215 g/mol. The van der Waals surface area contributed by atoms with Gasteiger partial charge in [-0.15, -0.1) is 0 Å². The van der Waals surface area contributed by atoms with Gasteiger partial charge in [-0.2, -0.15) is 0 Å². The quantitative estimate of drug-likeness (QED) is 0.771. The smallest absolute Gasteiger partial charge is 0.114 e. The van der Waals surface area contributed by atoms with Gasteiger partial charge in [-0.3, -0.25) is 4.98 Å². The number of hydrogen-bond donors (Lipinski definition) is 0. The molecule has 0 radical (unpaired) electrons. The minimum atomic E-state index is 0.0677. The van der Waals surface area contributed by atoms with Gasteiger partial charge in [0.1, 0.15) is 5.82 Å². The van der Waals surface area contributed by atoms with Gasteiger partial charge in [0.05, 0.1) is 12.2 Å². The minimum Gasteiger partial charge on any atom is -0.328 e. The lowest BCUT2D eigenvalue weighted by Gasteiger charge is -2.19. The molecule has 0 unspecified atom stereocenters. The van der Waals surface area contributed by atoms with E-state index in [4.69, 9.17) is 0 Å². The Labute approximate surface area is 96.2 Å². The van der Waals surface area contributed by atoms with E-state index in [1.54, 1.807) is 0 Å². The number of hydrogen-bond acceptors (Lipinski definition) is 2. The normalized spacial score (nSPS) is 11.7. The fourth-order valence-corrected chi connectivity index (χ4v) is 1.75. The molecule has 0 N–H and O–H groups in total. The molecule has 16 heavy (non-hydrogen) atoms. The van der Waals surface area contributed by atoms with Gasteiger partial charge in [0, 0.05) is 24.0 Å². The third kappa shape index (κ3) is 2.30. The van der Waals surface area contributed by atoms with Crippen LogP contribution in [0.5, 0.6) is 0 Å². The van der Waals surface area contributed by atoms with Crippen LogP contribution in [0.15, 0.2) is 36.8 Å². The number of rotatable bonds is 2. The Morgan fingerprint density at radius 3 is 2.56 bits per heavy atom. The zero-order valence-corrected chi connectivity index (χ0v) is 10.0. The number of aromatic nitrogens is 3. The van der Waals surface area contributed by atoms with Gasteiger partial charge in [0.15, 0.2) is 0 Å². The van der Waals surface area contributed by atoms with Gasteiger partial charge < -0.3 is 4.57 Å². The monoisotopic (exact) mass is 215 g/mol. The Bertz CT molecular complexity index is 452. The standard InChI is InChI=1S/C13H17N3/c1-13(2,3)12-15-8-9-16(12)10-11-6-4-5-7-14-11/h4-9H,10H2,1-3H3. The summed E-state index contributed by atoms with van der Waals surface area (Å²) in [6, 6.07) is 5.98. The van der Waals surface area contributed by atoms with Crippen molar-refractivity contribution in [3.05, 3.63) is 48.3 Å². The van der Waals surface area contributed by atoms with E-state index in [1.165, 1.54) is 0 Å². The highest BCUT2D eigenvalue weighted by Crippen LogP contribution is 2.20. The van der Waals surface area contributed by atoms with E-state index in [2.05, 4.69) is 35.3 Å². The van der Waals surface area contributed by atoms with E-state index in [1.807, 2.05) is 36.8 Å². The largest absolute Gasteiger partial charge is 0.328 e. The Morgan fingerprint density at radius 1 is 1.12 bits per heavy atom. The van der Waals surface area contributed by atoms with Crippen LogP contribution >= 0.6 is 0 Å². The summed E-state index contributed by atoms with van der Waals surface area (Å²) < 4.78 is 2.16. The zero-order chi connectivity index (χ0) is 11.6. The fourth-order valence-electron chi connectivity index (χ4n) is 1.75. The van der Waals surface area contributed by atoms with E-state index in [0.717, 1.165) is 18.1 Å². The van der Waals surface area contributed by atoms with E-state index >= 15 is 0 Å². The van der Waals surface area contributed by atoms with Gasteiger partial charge in [-0.05, 0) is 12.1 Å². The summed E-state index contributed by atoms with van der Waals surface area (Å²) in [6.45, 7) is 7.30. The molecular formula is C13H17N3. The van der Waals surface area contributed by atoms with Gasteiger partial charge in [0.2, 0.25) is 0 Å². The molecule has 0 saturated carbocycles. The van der Waals surface area contributed by atoms with Crippen LogP contribution in [0.25, 0.3) is 0 Å². The molecule has 2 aromatic rings. The van der Waals surface area contributed by atoms with Gasteiger partial charge >= 0.3 is 0 Å². The van der Waals surface area contributed by atoms with Crippen LogP contribution in [-0.4, -0.2) is 14.5 Å². The molecular weight excluding hydrogens is 198 g/mol. The first kappa shape index (κ1) is 10.9. The first-order valence-electron chi connectivity index (χ1n) is 5.49. The van der Waals surface area contributed by atoms with Gasteiger partial charge in [-0.1, -0.05) is 26.8 Å². The maximum atomic E-state index is 4.42. The van der Waals surface area contributed by atoms with Crippen molar-refractivity contribution >= 4 is 0 Å². The van der Waals surface area contributed by atoms with Gasteiger partial charge in [-0.25, -0.2) is 4.98 Å². The van der Waals surface area contributed by atoms with E-state index in [0.29, 0.717) is 0 Å². The highest BCUT2D eigenvalue weighted by atomic mass is 15.1. The van der Waals surface area contributed by atoms with Crippen LogP contribution in [0.3, 0.4) is 0 Å². The molecule has 3 heteroatoms. The summed E-state index contributed by atoms with van der Waals surface area (Å²) in [5.41, 5.74) is 1.13. The first-order valence-corrected chi connectivity index (χ1v) is 5.49. The maximum absolute atomic E-state index is 4.42. The van der Waals surface area contributed by atoms with Crippen LogP contribution in [0.4, 0.5) is 0 Å². The number of imidazole rings is 1. The minimum absolute atomic E-state index is 0.0677. The summed E-state index contributed by atoms with van der Waals surface area (Å²) in [5, 5.41) is 0. The molecule has 0 spiro atoms. The third-order valence-corrected chi connectivity index (χ3v) is 2.44. The summed E-state index contributed by atoms with van der Waals surface area (Å²) in [4.78, 5) is 8.75. The molecule has 2 rings (SSSR count). The average Bonchev–Trinajstić information content (AvgIpc) is 2.67. The predicted octanol–water partition coefficient (Wildman–Crippen LogP) is 2.62. The molecule has 0 amide bonds. The second-order valence-corrected chi connectivity index (χ2v) is 4.95. The van der Waals surface area contributed by atoms with E-state index in [9.17, 15) is 0 Å². The highest BCUT2D eigenvalue weighted by Gasteiger charge is 2.19. The molecule has 0 aliphatic carbocycles. The molecule has 0 aromatic carbocycles. The molecule has 3 nitrogen and oxygen atoms in total. The van der Waals surface area contributed by atoms with Crippen LogP contribution in [0.1, 0.15) is 32.3 Å². The Hall–Kier alpha value is -1.64. The first-order chi connectivity index (χ1) is 7.57. The second kappa shape index (κ2) is 4.08. The second-order valence-electron chi connectivity index (χ2n) is 4.95. The van der Waals surface area contributed by atoms with E-state index < -0.39 is 0 Å². The van der Waals surface area contributed by atoms with Crippen molar-refractivity contribution < 1.29 is 0 Å². The van der Waals surface area contributed by atoms with E-state index in [-0.39, 0.29) is 5.41 Å². The molecule has 0 bridgehead atoms. The summed E-state index contributed by atoms with van der Waals surface area (Å²) in [5.74, 6) is 1.10. The van der Waals surface area contributed by atoms with Crippen molar-refractivity contribution in [2.45, 2.75) is 32.7 Å². The molecule has 0 atom stereocenters. The lowest BCUT2D eigenvalue weighted by Crippen LogP contribution is -2.19. The molecule has 84 valence electrons. The van der Waals surface area contributed by atoms with Gasteiger partial charge in [0.25, 0.3) is 0 Å². The van der Waals surface area contributed by atoms with Crippen LogP contribution < -0.4 is 0 Å². The topological polar surface area (TPSA) is 30.7 Å². The molecule has 2 aromatic heterocycles. The Kier molecular flexibility index (Phi) is 2.77. The van der Waals surface area contributed by atoms with Crippen LogP contribution in [0, 0.1) is 0 Å². The SMILES string of the molecule is CC(C)(C)c1nccn1Cc1ccccn1. The predicted molar refractivity (Wildman–Crippen MR) is 64.3 cm³/mol. The Morgan fingerprint density at radius 2 is 1.94 bits per heavy atom. The molecule has 0 saturated heterocycles. The van der Waals surface area contributed by atoms with Crippen molar-refractivity contribution in [1.29, 1.82) is 0 Å². The molecule has 0 fully saturated rings. The summed E-state index contributed by atoms with van der Waals surface area (Å²) in [6.07, 6.45) is 5.68. The van der Waals surface area contributed by atoms with Crippen LogP contribution in [-0.2, 0) is 12.0 Å². The molecule has 2 heterocycles. The summed E-state index contributed by atoms with van der Waals surface area (Å²) >= 11 is 0. The zero-order valence-electron chi connectivity index (χ0n) is 10.0. The Balaban J connectivity index is 2.26. The lowest BCUT2D eigenvalue weighted by atomic mass is 9.95. The summed E-state index contributed by atoms with van der Waals surface area (Å²) in [7, 11) is 0. The van der Waals surface area contributed by atoms with Crippen molar-refractivity contribution in [3.63, 3.8) is 0 Å². The van der Waals surface area contributed by atoms with Crippen LogP contribution in [0.2, 0.25) is 0 Å².